The molecule has 0 aromatic heterocycles. The summed E-state index contributed by atoms with van der Waals surface area (Å²) >= 11 is 0. The van der Waals surface area contributed by atoms with Crippen molar-refractivity contribution in [2.45, 2.75) is 32.2 Å². The zero-order valence-electron chi connectivity index (χ0n) is 12.7. The Balaban J connectivity index is 3.07. The van der Waals surface area contributed by atoms with Crippen LogP contribution in [-0.4, -0.2) is 38.3 Å². The van der Waals surface area contributed by atoms with Crippen molar-refractivity contribution >= 4 is 15.9 Å². The first-order chi connectivity index (χ1) is 9.86. The van der Waals surface area contributed by atoms with Crippen molar-refractivity contribution in [3.63, 3.8) is 0 Å². The van der Waals surface area contributed by atoms with Crippen LogP contribution >= 0.6 is 0 Å². The molecule has 0 aliphatic carbocycles. The van der Waals surface area contributed by atoms with Gasteiger partial charge in [-0.15, -0.1) is 0 Å². The highest BCUT2D eigenvalue weighted by molar-refractivity contribution is 7.89. The Morgan fingerprint density at radius 2 is 2.00 bits per heavy atom. The molecule has 0 aliphatic heterocycles. The molecular weight excluding hydrogens is 290 g/mol. The van der Waals surface area contributed by atoms with Gasteiger partial charge in [0, 0.05) is 19.6 Å². The van der Waals surface area contributed by atoms with Gasteiger partial charge in [-0.05, 0) is 37.1 Å². The number of carbonyl (C=O) groups is 1. The minimum absolute atomic E-state index is 0.176. The number of aryl methyl sites for hydroxylation is 1. The van der Waals surface area contributed by atoms with E-state index in [1.807, 2.05) is 6.92 Å². The normalized spacial score (nSPS) is 11.7. The van der Waals surface area contributed by atoms with Crippen LogP contribution < -0.4 is 11.1 Å². The molecule has 3 N–H and O–H groups in total. The van der Waals surface area contributed by atoms with Crippen molar-refractivity contribution in [3.8, 4) is 0 Å². The van der Waals surface area contributed by atoms with E-state index in [2.05, 4.69) is 5.32 Å². The summed E-state index contributed by atoms with van der Waals surface area (Å²) in [7, 11) is -3.68. The van der Waals surface area contributed by atoms with E-state index in [-0.39, 0.29) is 23.9 Å². The third-order valence-corrected chi connectivity index (χ3v) is 5.14. The lowest BCUT2D eigenvalue weighted by Crippen LogP contribution is -2.40. The summed E-state index contributed by atoms with van der Waals surface area (Å²) in [5.41, 5.74) is 7.31. The van der Waals surface area contributed by atoms with Gasteiger partial charge in [-0.25, -0.2) is 8.42 Å². The summed E-state index contributed by atoms with van der Waals surface area (Å²) in [5, 5.41) is 2.60. The van der Waals surface area contributed by atoms with Crippen molar-refractivity contribution < 1.29 is 13.2 Å². The molecular formula is C14H23N3O3S. The molecule has 7 heteroatoms. The zero-order chi connectivity index (χ0) is 16.0. The van der Waals surface area contributed by atoms with Crippen molar-refractivity contribution in [2.24, 2.45) is 5.73 Å². The Morgan fingerprint density at radius 3 is 2.48 bits per heavy atom. The second kappa shape index (κ2) is 7.53. The van der Waals surface area contributed by atoms with Gasteiger partial charge in [0.05, 0.1) is 11.4 Å². The zero-order valence-corrected chi connectivity index (χ0v) is 13.5. The number of nitrogens with two attached hydrogens (primary N) is 1. The van der Waals surface area contributed by atoms with Crippen molar-refractivity contribution in [3.05, 3.63) is 29.3 Å². The smallest absolute Gasteiger partial charge is 0.243 e. The number of hydrogen-bond acceptors (Lipinski definition) is 4. The van der Waals surface area contributed by atoms with Crippen LogP contribution in [0.1, 0.15) is 25.0 Å². The van der Waals surface area contributed by atoms with Gasteiger partial charge < -0.3 is 11.1 Å². The fourth-order valence-corrected chi connectivity index (χ4v) is 3.48. The molecule has 0 bridgehead atoms. The number of nitrogens with one attached hydrogen (secondary N) is 1. The standard InChI is InChI=1S/C14H23N3O3S/c1-4-16-14(18)10-17(5-2)21(19,20)13-7-6-12(9-15)11(3)8-13/h6-8H,4-5,9-10,15H2,1-3H3,(H,16,18). The van der Waals surface area contributed by atoms with Gasteiger partial charge in [-0.1, -0.05) is 13.0 Å². The largest absolute Gasteiger partial charge is 0.355 e. The van der Waals surface area contributed by atoms with Gasteiger partial charge >= 0.3 is 0 Å². The molecule has 21 heavy (non-hydrogen) atoms. The molecule has 0 aliphatic rings. The van der Waals surface area contributed by atoms with Crippen LogP contribution in [0.3, 0.4) is 0 Å². The van der Waals surface area contributed by atoms with Gasteiger partial charge in [-0.3, -0.25) is 4.79 Å². The van der Waals surface area contributed by atoms with Gasteiger partial charge in [-0.2, -0.15) is 4.31 Å². The number of nitrogens with zero attached hydrogens (tertiary/aromatic N) is 1. The maximum atomic E-state index is 12.6. The summed E-state index contributed by atoms with van der Waals surface area (Å²) in [6.07, 6.45) is 0. The highest BCUT2D eigenvalue weighted by Gasteiger charge is 2.25. The molecule has 1 aromatic rings. The number of likely N-dealkylation sites (N-methyl/N-ethyl adjacent to an activating group) is 2. The molecule has 0 unspecified atom stereocenters. The SMILES string of the molecule is CCNC(=O)CN(CC)S(=O)(=O)c1ccc(CN)c(C)c1. The molecule has 1 rings (SSSR count). The molecule has 0 atom stereocenters. The Labute approximate surface area is 126 Å². The average Bonchev–Trinajstić information content (AvgIpc) is 2.44. The van der Waals surface area contributed by atoms with E-state index < -0.39 is 10.0 Å². The van der Waals surface area contributed by atoms with Crippen LogP contribution in [0.5, 0.6) is 0 Å². The summed E-state index contributed by atoms with van der Waals surface area (Å²) < 4.78 is 26.3. The molecule has 1 aromatic carbocycles. The second-order valence-corrected chi connectivity index (χ2v) is 6.62. The molecule has 0 saturated heterocycles. The van der Waals surface area contributed by atoms with Crippen molar-refractivity contribution in [1.82, 2.24) is 9.62 Å². The Hall–Kier alpha value is -1.44. The lowest BCUT2D eigenvalue weighted by molar-refractivity contribution is -0.121. The van der Waals surface area contributed by atoms with Crippen LogP contribution in [0.2, 0.25) is 0 Å². The molecule has 1 amide bonds. The van der Waals surface area contributed by atoms with E-state index in [9.17, 15) is 13.2 Å². The average molecular weight is 313 g/mol. The van der Waals surface area contributed by atoms with Gasteiger partial charge in [0.25, 0.3) is 0 Å². The number of hydrogen-bond donors (Lipinski definition) is 2. The van der Waals surface area contributed by atoms with E-state index in [0.717, 1.165) is 15.4 Å². The Morgan fingerprint density at radius 1 is 1.33 bits per heavy atom. The van der Waals surface area contributed by atoms with Gasteiger partial charge in [0.1, 0.15) is 0 Å². The monoisotopic (exact) mass is 313 g/mol. The van der Waals surface area contributed by atoms with Crippen molar-refractivity contribution in [1.29, 1.82) is 0 Å². The molecule has 0 fully saturated rings. The number of amides is 1. The Kier molecular flexibility index (Phi) is 6.32. The molecule has 0 radical (unpaired) electrons. The van der Waals surface area contributed by atoms with Crippen LogP contribution in [-0.2, 0) is 21.4 Å². The molecule has 118 valence electrons. The van der Waals surface area contributed by atoms with E-state index in [4.69, 9.17) is 5.73 Å². The highest BCUT2D eigenvalue weighted by Crippen LogP contribution is 2.19. The van der Waals surface area contributed by atoms with E-state index in [1.165, 1.54) is 6.07 Å². The molecule has 0 saturated carbocycles. The fourth-order valence-electron chi connectivity index (χ4n) is 1.99. The summed E-state index contributed by atoms with van der Waals surface area (Å²) in [6, 6.07) is 4.84. The van der Waals surface area contributed by atoms with E-state index in [0.29, 0.717) is 13.1 Å². The van der Waals surface area contributed by atoms with Crippen LogP contribution in [0.25, 0.3) is 0 Å². The second-order valence-electron chi connectivity index (χ2n) is 4.68. The lowest BCUT2D eigenvalue weighted by atomic mass is 10.1. The topological polar surface area (TPSA) is 92.5 Å². The lowest BCUT2D eigenvalue weighted by Gasteiger charge is -2.20. The quantitative estimate of drug-likeness (QED) is 0.771. The maximum absolute atomic E-state index is 12.6. The number of benzene rings is 1. The third-order valence-electron chi connectivity index (χ3n) is 3.22. The minimum Gasteiger partial charge on any atom is -0.355 e. The summed E-state index contributed by atoms with van der Waals surface area (Å²) in [4.78, 5) is 11.8. The summed E-state index contributed by atoms with van der Waals surface area (Å²) in [6.45, 7) is 6.21. The highest BCUT2D eigenvalue weighted by atomic mass is 32.2. The molecule has 6 nitrogen and oxygen atoms in total. The first-order valence-electron chi connectivity index (χ1n) is 6.93. The maximum Gasteiger partial charge on any atom is 0.243 e. The first-order valence-corrected chi connectivity index (χ1v) is 8.37. The van der Waals surface area contributed by atoms with Crippen LogP contribution in [0, 0.1) is 6.92 Å². The Bertz CT molecular complexity index is 599. The predicted octanol–water partition coefficient (Wildman–Crippen LogP) is 0.600. The van der Waals surface area contributed by atoms with E-state index >= 15 is 0 Å². The fraction of sp³-hybridized carbons (Fsp3) is 0.500. The summed E-state index contributed by atoms with van der Waals surface area (Å²) in [5.74, 6) is -0.307. The molecule has 0 spiro atoms. The predicted molar refractivity (Wildman–Crippen MR) is 82.2 cm³/mol. The number of carbonyl (C=O) groups excluding carboxylic acids is 1. The molecule has 0 heterocycles. The van der Waals surface area contributed by atoms with Gasteiger partial charge in [0.2, 0.25) is 15.9 Å². The third kappa shape index (κ3) is 4.26. The van der Waals surface area contributed by atoms with Crippen molar-refractivity contribution in [2.75, 3.05) is 19.6 Å². The van der Waals surface area contributed by atoms with Crippen LogP contribution in [0.15, 0.2) is 23.1 Å². The van der Waals surface area contributed by atoms with Gasteiger partial charge in [0.15, 0.2) is 0 Å². The van der Waals surface area contributed by atoms with E-state index in [1.54, 1.807) is 26.0 Å². The van der Waals surface area contributed by atoms with Crippen LogP contribution in [0.4, 0.5) is 0 Å². The first kappa shape index (κ1) is 17.6. The number of sulfonamides is 1. The number of rotatable bonds is 7. The minimum atomic E-state index is -3.68.